The van der Waals surface area contributed by atoms with Crippen LogP contribution in [0.1, 0.15) is 29.3 Å². The van der Waals surface area contributed by atoms with E-state index >= 15 is 0 Å². The number of thiazole rings is 1. The Bertz CT molecular complexity index is 1130. The van der Waals surface area contributed by atoms with Crippen molar-refractivity contribution in [1.29, 1.82) is 5.41 Å². The van der Waals surface area contributed by atoms with Crippen LogP contribution < -0.4 is 15.4 Å². The molecule has 0 saturated carbocycles. The molecule has 0 bridgehead atoms. The van der Waals surface area contributed by atoms with Gasteiger partial charge >= 0.3 is 11.9 Å². The summed E-state index contributed by atoms with van der Waals surface area (Å²) in [6, 6.07) is 8.46. The Balaban J connectivity index is 1.80. The first-order valence-corrected chi connectivity index (χ1v) is 9.83. The highest BCUT2D eigenvalue weighted by atomic mass is 32.1. The number of ether oxygens (including phenoxy) is 1. The topological polar surface area (TPSA) is 130 Å². The molecule has 0 radical (unpaired) electrons. The molecule has 10 heteroatoms. The number of rotatable bonds is 8. The third-order valence-corrected chi connectivity index (χ3v) is 5.39. The summed E-state index contributed by atoms with van der Waals surface area (Å²) in [4.78, 5) is 29.6. The molecule has 0 fully saturated rings. The number of aromatic nitrogens is 1. The zero-order chi connectivity index (χ0) is 21.8. The van der Waals surface area contributed by atoms with E-state index in [9.17, 15) is 14.0 Å². The van der Waals surface area contributed by atoms with Gasteiger partial charge in [-0.25, -0.2) is 14.2 Å². The van der Waals surface area contributed by atoms with Gasteiger partial charge in [0.05, 0.1) is 22.2 Å². The van der Waals surface area contributed by atoms with Crippen molar-refractivity contribution in [2.75, 3.05) is 18.0 Å². The fourth-order valence-corrected chi connectivity index (χ4v) is 3.80. The van der Waals surface area contributed by atoms with E-state index in [0.29, 0.717) is 23.7 Å². The summed E-state index contributed by atoms with van der Waals surface area (Å²) in [7, 11) is 0. The Labute approximate surface area is 175 Å². The molecule has 0 amide bonds. The molecule has 1 heterocycles. The van der Waals surface area contributed by atoms with Crippen molar-refractivity contribution < 1.29 is 23.8 Å². The van der Waals surface area contributed by atoms with Crippen LogP contribution in [0.2, 0.25) is 0 Å². The summed E-state index contributed by atoms with van der Waals surface area (Å²) in [5.74, 6) is -2.97. The highest BCUT2D eigenvalue weighted by Gasteiger charge is 2.16. The van der Waals surface area contributed by atoms with E-state index in [0.717, 1.165) is 10.8 Å². The number of nitrogens with two attached hydrogens (primary N) is 1. The zero-order valence-electron chi connectivity index (χ0n) is 16.0. The molecule has 0 atom stereocenters. The molecular weight excluding hydrogens is 411 g/mol. The smallest absolute Gasteiger partial charge is 0.343 e. The van der Waals surface area contributed by atoms with Crippen LogP contribution in [-0.4, -0.2) is 41.0 Å². The molecule has 2 aromatic carbocycles. The monoisotopic (exact) mass is 430 g/mol. The van der Waals surface area contributed by atoms with Gasteiger partial charge in [-0.3, -0.25) is 10.2 Å². The van der Waals surface area contributed by atoms with Gasteiger partial charge in [0.2, 0.25) is 0 Å². The van der Waals surface area contributed by atoms with Gasteiger partial charge in [-0.1, -0.05) is 11.3 Å². The fourth-order valence-electron chi connectivity index (χ4n) is 2.70. The lowest BCUT2D eigenvalue weighted by Crippen LogP contribution is -2.25. The number of hydrogen-bond donors (Lipinski definition) is 3. The predicted octanol–water partition coefficient (Wildman–Crippen LogP) is 3.24. The van der Waals surface area contributed by atoms with Crippen LogP contribution >= 0.6 is 11.3 Å². The number of esters is 1. The number of nitrogens with zero attached hydrogens (tertiary/aromatic N) is 2. The lowest BCUT2D eigenvalue weighted by molar-refractivity contribution is -0.136. The minimum atomic E-state index is -0.886. The molecule has 1 aromatic heterocycles. The van der Waals surface area contributed by atoms with Crippen LogP contribution in [0.25, 0.3) is 10.2 Å². The number of nitrogens with one attached hydrogen (secondary N) is 1. The average Bonchev–Trinajstić information content (AvgIpc) is 3.12. The Morgan fingerprint density at radius 3 is 2.63 bits per heavy atom. The second-order valence-corrected chi connectivity index (χ2v) is 7.36. The molecule has 0 aliphatic heterocycles. The number of fused-ring (bicyclic) bond motifs is 1. The van der Waals surface area contributed by atoms with E-state index in [1.165, 1.54) is 29.5 Å². The fraction of sp³-hybridized carbons (Fsp3) is 0.200. The summed E-state index contributed by atoms with van der Waals surface area (Å²) in [5, 5.41) is 16.9. The summed E-state index contributed by atoms with van der Waals surface area (Å²) in [5.41, 5.74) is 6.39. The maximum atomic E-state index is 14.1. The van der Waals surface area contributed by atoms with E-state index in [4.69, 9.17) is 21.0 Å². The second kappa shape index (κ2) is 8.87. The Kier molecular flexibility index (Phi) is 6.26. The van der Waals surface area contributed by atoms with Crippen molar-refractivity contribution in [2.24, 2.45) is 5.73 Å². The summed E-state index contributed by atoms with van der Waals surface area (Å²) in [6.45, 7) is 2.83. The Morgan fingerprint density at radius 1 is 1.27 bits per heavy atom. The number of anilines is 1. The van der Waals surface area contributed by atoms with Crippen LogP contribution in [0.3, 0.4) is 0 Å². The standard InChI is InChI=1S/C20H19FN4O4S/c1-2-25(8-7-17(26)27)20-24-14-5-3-12(10-16(14)30-20)19(28)29-15-6-4-11(18(22)23)9-13(15)21/h3-6,9-10H,2,7-8H2,1H3,(H3,22,23)(H,26,27). The molecule has 3 aromatic rings. The second-order valence-electron chi connectivity index (χ2n) is 6.35. The maximum absolute atomic E-state index is 14.1. The molecule has 156 valence electrons. The quantitative estimate of drug-likeness (QED) is 0.216. The molecule has 0 saturated heterocycles. The first-order chi connectivity index (χ1) is 14.3. The van der Waals surface area contributed by atoms with Gasteiger partial charge in [-0.2, -0.15) is 0 Å². The molecule has 4 N–H and O–H groups in total. The van der Waals surface area contributed by atoms with Gasteiger partial charge < -0.3 is 20.5 Å². The van der Waals surface area contributed by atoms with Crippen LogP contribution in [0.4, 0.5) is 9.52 Å². The number of carbonyl (C=O) groups is 2. The van der Waals surface area contributed by atoms with E-state index in [1.807, 2.05) is 11.8 Å². The Morgan fingerprint density at radius 2 is 2.00 bits per heavy atom. The number of carboxylic acids is 1. The molecule has 30 heavy (non-hydrogen) atoms. The maximum Gasteiger partial charge on any atom is 0.343 e. The largest absolute Gasteiger partial charge is 0.481 e. The highest BCUT2D eigenvalue weighted by Crippen LogP contribution is 2.30. The highest BCUT2D eigenvalue weighted by molar-refractivity contribution is 7.22. The Hall–Kier alpha value is -3.53. The average molecular weight is 430 g/mol. The van der Waals surface area contributed by atoms with Crippen molar-refractivity contribution in [3.05, 3.63) is 53.3 Å². The third-order valence-electron chi connectivity index (χ3n) is 4.31. The van der Waals surface area contributed by atoms with Crippen LogP contribution in [0, 0.1) is 11.2 Å². The molecular formula is C20H19FN4O4S. The number of halogens is 1. The van der Waals surface area contributed by atoms with E-state index in [-0.39, 0.29) is 29.1 Å². The molecule has 0 spiro atoms. The van der Waals surface area contributed by atoms with Gasteiger partial charge in [0.25, 0.3) is 0 Å². The van der Waals surface area contributed by atoms with Crippen LogP contribution in [0.5, 0.6) is 5.75 Å². The van der Waals surface area contributed by atoms with E-state index < -0.39 is 17.8 Å². The number of carboxylic acid groups (broad SMARTS) is 1. The lowest BCUT2D eigenvalue weighted by Gasteiger charge is -2.18. The number of carbonyl (C=O) groups excluding carboxylic acids is 1. The SMILES string of the molecule is CCN(CCC(=O)O)c1nc2ccc(C(=O)Oc3ccc(C(=N)N)cc3F)cc2s1. The van der Waals surface area contributed by atoms with Gasteiger partial charge in [-0.15, -0.1) is 0 Å². The van der Waals surface area contributed by atoms with Crippen LogP contribution in [-0.2, 0) is 4.79 Å². The van der Waals surface area contributed by atoms with Gasteiger partial charge in [0.15, 0.2) is 16.7 Å². The van der Waals surface area contributed by atoms with E-state index in [2.05, 4.69) is 4.98 Å². The predicted molar refractivity (Wildman–Crippen MR) is 112 cm³/mol. The van der Waals surface area contributed by atoms with E-state index in [1.54, 1.807) is 12.1 Å². The first-order valence-electron chi connectivity index (χ1n) is 9.02. The normalized spacial score (nSPS) is 10.7. The van der Waals surface area contributed by atoms with Gasteiger partial charge in [-0.05, 0) is 43.3 Å². The van der Waals surface area contributed by atoms with Gasteiger partial charge in [0.1, 0.15) is 5.84 Å². The zero-order valence-corrected chi connectivity index (χ0v) is 16.8. The summed E-state index contributed by atoms with van der Waals surface area (Å²) < 4.78 is 20.0. The van der Waals surface area contributed by atoms with Crippen LogP contribution in [0.15, 0.2) is 36.4 Å². The molecule has 8 nitrogen and oxygen atoms in total. The van der Waals surface area contributed by atoms with Crippen molar-refractivity contribution in [3.63, 3.8) is 0 Å². The molecule has 0 aliphatic carbocycles. The number of amidine groups is 1. The minimum absolute atomic E-state index is 0.00464. The molecule has 3 rings (SSSR count). The molecule has 0 aliphatic rings. The number of aliphatic carboxylic acids is 1. The number of nitrogen functional groups attached to an aromatic ring is 1. The summed E-state index contributed by atoms with van der Waals surface area (Å²) >= 11 is 1.33. The molecule has 0 unspecified atom stereocenters. The van der Waals surface area contributed by atoms with Crippen molar-refractivity contribution in [3.8, 4) is 5.75 Å². The lowest BCUT2D eigenvalue weighted by atomic mass is 10.2. The summed E-state index contributed by atoms with van der Waals surface area (Å²) in [6.07, 6.45) is -0.00464. The number of benzene rings is 2. The first kappa shape index (κ1) is 21.2. The van der Waals surface area contributed by atoms with Crippen molar-refractivity contribution in [1.82, 2.24) is 4.98 Å². The van der Waals surface area contributed by atoms with Crippen molar-refractivity contribution in [2.45, 2.75) is 13.3 Å². The number of hydrogen-bond acceptors (Lipinski definition) is 7. The van der Waals surface area contributed by atoms with Gasteiger partial charge in [0, 0.05) is 18.7 Å². The third kappa shape index (κ3) is 4.71. The minimum Gasteiger partial charge on any atom is -0.481 e. The van der Waals surface area contributed by atoms with Crippen molar-refractivity contribution >= 4 is 44.5 Å².